The number of nitrogens with zero attached hydrogens (tertiary/aromatic N) is 3. The average molecular weight is 333 g/mol. The lowest BCUT2D eigenvalue weighted by atomic mass is 10.0. The second-order valence-corrected chi connectivity index (χ2v) is 5.70. The van der Waals surface area contributed by atoms with Crippen LogP contribution in [0.25, 0.3) is 0 Å². The normalized spacial score (nSPS) is 20.9. The third-order valence-electron chi connectivity index (χ3n) is 4.05. The van der Waals surface area contributed by atoms with Gasteiger partial charge in [-0.1, -0.05) is 12.1 Å². The molecule has 2 atom stereocenters. The first-order chi connectivity index (χ1) is 11.4. The van der Waals surface area contributed by atoms with Crippen molar-refractivity contribution in [2.75, 3.05) is 11.4 Å². The van der Waals surface area contributed by atoms with Crippen molar-refractivity contribution in [1.29, 1.82) is 5.26 Å². The number of nitriles is 1. The molecule has 0 saturated carbocycles. The Morgan fingerprint density at radius 3 is 2.67 bits per heavy atom. The van der Waals surface area contributed by atoms with Crippen molar-refractivity contribution >= 4 is 5.82 Å². The Hall–Kier alpha value is -2.59. The molecule has 0 amide bonds. The van der Waals surface area contributed by atoms with Gasteiger partial charge in [0, 0.05) is 12.7 Å². The Bertz CT molecular complexity index is 768. The van der Waals surface area contributed by atoms with Crippen LogP contribution in [0.15, 0.2) is 42.6 Å². The van der Waals surface area contributed by atoms with E-state index in [4.69, 9.17) is 5.26 Å². The van der Waals surface area contributed by atoms with Crippen LogP contribution in [0.3, 0.4) is 0 Å². The Morgan fingerprint density at radius 1 is 1.25 bits per heavy atom. The standard InChI is InChI=1S/C17H14F3N3O/c18-17(19,20)13-3-1-2-12(6-13)15-7-14(24)10-23(15)16-5-4-11(8-21)9-22-16/h1-6,9,14-15,24H,7,10H2/t14-,15-/m1/s1. The SMILES string of the molecule is N#Cc1ccc(N2C[C@H](O)C[C@@H]2c2cccc(C(F)(F)F)c2)nc1. The molecule has 2 heterocycles. The molecule has 24 heavy (non-hydrogen) atoms. The first kappa shape index (κ1) is 16.3. The number of rotatable bonds is 2. The van der Waals surface area contributed by atoms with E-state index < -0.39 is 23.9 Å². The molecule has 1 aromatic carbocycles. The summed E-state index contributed by atoms with van der Waals surface area (Å²) in [5.74, 6) is 0.521. The van der Waals surface area contributed by atoms with E-state index in [1.54, 1.807) is 23.1 Å². The van der Waals surface area contributed by atoms with Gasteiger partial charge in [-0.05, 0) is 36.2 Å². The van der Waals surface area contributed by atoms with Gasteiger partial charge in [0.1, 0.15) is 11.9 Å². The molecule has 3 rings (SSSR count). The first-order valence-corrected chi connectivity index (χ1v) is 7.36. The quantitative estimate of drug-likeness (QED) is 0.916. The Labute approximate surface area is 136 Å². The molecule has 1 aliphatic rings. The smallest absolute Gasteiger partial charge is 0.391 e. The lowest BCUT2D eigenvalue weighted by Crippen LogP contribution is -2.25. The van der Waals surface area contributed by atoms with Crippen LogP contribution in [0.4, 0.5) is 19.0 Å². The molecule has 1 N–H and O–H groups in total. The minimum absolute atomic E-state index is 0.278. The van der Waals surface area contributed by atoms with Gasteiger partial charge in [0.15, 0.2) is 0 Å². The molecule has 4 nitrogen and oxygen atoms in total. The molecule has 1 fully saturated rings. The largest absolute Gasteiger partial charge is 0.416 e. The van der Waals surface area contributed by atoms with E-state index in [2.05, 4.69) is 4.98 Å². The van der Waals surface area contributed by atoms with E-state index in [1.807, 2.05) is 6.07 Å². The van der Waals surface area contributed by atoms with Crippen LogP contribution in [0.2, 0.25) is 0 Å². The van der Waals surface area contributed by atoms with Crippen LogP contribution >= 0.6 is 0 Å². The maximum atomic E-state index is 12.9. The third-order valence-corrected chi connectivity index (χ3v) is 4.05. The highest BCUT2D eigenvalue weighted by Crippen LogP contribution is 2.38. The topological polar surface area (TPSA) is 60.2 Å². The maximum absolute atomic E-state index is 12.9. The minimum atomic E-state index is -4.41. The summed E-state index contributed by atoms with van der Waals surface area (Å²) in [6.45, 7) is 0.278. The van der Waals surface area contributed by atoms with Gasteiger partial charge in [0.2, 0.25) is 0 Å². The number of benzene rings is 1. The van der Waals surface area contributed by atoms with Crippen molar-refractivity contribution in [3.05, 3.63) is 59.3 Å². The van der Waals surface area contributed by atoms with Gasteiger partial charge in [0.25, 0.3) is 0 Å². The molecule has 2 aromatic rings. The van der Waals surface area contributed by atoms with Gasteiger partial charge in [-0.3, -0.25) is 0 Å². The van der Waals surface area contributed by atoms with E-state index in [1.165, 1.54) is 12.3 Å². The second-order valence-electron chi connectivity index (χ2n) is 5.70. The predicted octanol–water partition coefficient (Wildman–Crippen LogP) is 3.28. The zero-order valence-corrected chi connectivity index (χ0v) is 12.5. The number of pyridine rings is 1. The summed E-state index contributed by atoms with van der Waals surface area (Å²) in [5.41, 5.74) is 0.163. The maximum Gasteiger partial charge on any atom is 0.416 e. The zero-order chi connectivity index (χ0) is 17.3. The minimum Gasteiger partial charge on any atom is -0.391 e. The third kappa shape index (κ3) is 3.19. The van der Waals surface area contributed by atoms with Gasteiger partial charge in [-0.15, -0.1) is 0 Å². The summed E-state index contributed by atoms with van der Waals surface area (Å²) >= 11 is 0. The van der Waals surface area contributed by atoms with Gasteiger partial charge in [-0.2, -0.15) is 18.4 Å². The highest BCUT2D eigenvalue weighted by atomic mass is 19.4. The monoisotopic (exact) mass is 333 g/mol. The summed E-state index contributed by atoms with van der Waals surface area (Å²) in [6.07, 6.45) is -3.33. The number of aliphatic hydroxyl groups is 1. The summed E-state index contributed by atoms with van der Waals surface area (Å²) in [7, 11) is 0. The number of alkyl halides is 3. The zero-order valence-electron chi connectivity index (χ0n) is 12.5. The number of halogens is 3. The predicted molar refractivity (Wildman–Crippen MR) is 81.1 cm³/mol. The molecular weight excluding hydrogens is 319 g/mol. The summed E-state index contributed by atoms with van der Waals surface area (Å²) in [6, 6.07) is 9.92. The van der Waals surface area contributed by atoms with Gasteiger partial charge >= 0.3 is 6.18 Å². The Morgan fingerprint density at radius 2 is 2.04 bits per heavy atom. The van der Waals surface area contributed by atoms with Crippen LogP contribution < -0.4 is 4.90 Å². The number of hydrogen-bond acceptors (Lipinski definition) is 4. The van der Waals surface area contributed by atoms with Crippen LogP contribution in [0, 0.1) is 11.3 Å². The van der Waals surface area contributed by atoms with Crippen LogP contribution in [0.1, 0.15) is 29.2 Å². The second kappa shape index (κ2) is 6.13. The number of β-amino-alcohol motifs (C(OH)–C–C–N with tert-alkyl or cyclic N) is 1. The fourth-order valence-electron chi connectivity index (χ4n) is 2.93. The highest BCUT2D eigenvalue weighted by Gasteiger charge is 2.35. The van der Waals surface area contributed by atoms with Crippen molar-refractivity contribution < 1.29 is 18.3 Å². The van der Waals surface area contributed by atoms with Gasteiger partial charge in [-0.25, -0.2) is 4.98 Å². The molecular formula is C17H14F3N3O. The Kier molecular flexibility index (Phi) is 4.16. The number of aromatic nitrogens is 1. The first-order valence-electron chi connectivity index (χ1n) is 7.36. The van der Waals surface area contributed by atoms with Gasteiger partial charge in [0.05, 0.1) is 23.3 Å². The summed E-state index contributed by atoms with van der Waals surface area (Å²) < 4.78 is 38.8. The molecule has 0 radical (unpaired) electrons. The number of anilines is 1. The van der Waals surface area contributed by atoms with Gasteiger partial charge < -0.3 is 10.0 Å². The van der Waals surface area contributed by atoms with E-state index in [9.17, 15) is 18.3 Å². The van der Waals surface area contributed by atoms with Crippen molar-refractivity contribution in [2.24, 2.45) is 0 Å². The van der Waals surface area contributed by atoms with Crippen molar-refractivity contribution in [3.63, 3.8) is 0 Å². The van der Waals surface area contributed by atoms with Crippen LogP contribution in [-0.2, 0) is 6.18 Å². The average Bonchev–Trinajstić information content (AvgIpc) is 2.96. The van der Waals surface area contributed by atoms with Crippen molar-refractivity contribution in [2.45, 2.75) is 24.7 Å². The molecule has 1 aliphatic heterocycles. The molecule has 0 bridgehead atoms. The summed E-state index contributed by atoms with van der Waals surface area (Å²) in [5, 5.41) is 18.8. The van der Waals surface area contributed by atoms with Crippen LogP contribution in [0.5, 0.6) is 0 Å². The Balaban J connectivity index is 1.95. The van der Waals surface area contributed by atoms with Crippen molar-refractivity contribution in [3.8, 4) is 6.07 Å². The van der Waals surface area contributed by atoms with Crippen LogP contribution in [-0.4, -0.2) is 22.7 Å². The summed E-state index contributed by atoms with van der Waals surface area (Å²) in [4.78, 5) is 5.95. The number of hydrogen-bond donors (Lipinski definition) is 1. The fourth-order valence-corrected chi connectivity index (χ4v) is 2.93. The molecule has 1 aromatic heterocycles. The highest BCUT2D eigenvalue weighted by molar-refractivity contribution is 5.47. The molecule has 0 aliphatic carbocycles. The van der Waals surface area contributed by atoms with Crippen molar-refractivity contribution in [1.82, 2.24) is 4.98 Å². The lowest BCUT2D eigenvalue weighted by Gasteiger charge is -2.26. The van der Waals surface area contributed by atoms with E-state index in [0.29, 0.717) is 23.4 Å². The van der Waals surface area contributed by atoms with E-state index >= 15 is 0 Å². The fraction of sp³-hybridized carbons (Fsp3) is 0.294. The number of aliphatic hydroxyl groups excluding tert-OH is 1. The van der Waals surface area contributed by atoms with E-state index in [0.717, 1.165) is 12.1 Å². The lowest BCUT2D eigenvalue weighted by molar-refractivity contribution is -0.137. The molecule has 0 unspecified atom stereocenters. The molecule has 7 heteroatoms. The molecule has 1 saturated heterocycles. The molecule has 124 valence electrons. The molecule has 0 spiro atoms. The van der Waals surface area contributed by atoms with E-state index in [-0.39, 0.29) is 6.54 Å².